The van der Waals surface area contributed by atoms with Crippen LogP contribution in [0.15, 0.2) is 18.2 Å². The molecular weight excluding hydrogens is 448 g/mol. The first-order valence-corrected chi connectivity index (χ1v) is 11.5. The number of ketones is 1. The Morgan fingerprint density at radius 3 is 2.45 bits per heavy atom. The Balaban J connectivity index is 1.82. The molecule has 0 aromatic heterocycles. The van der Waals surface area contributed by atoms with Crippen molar-refractivity contribution in [2.75, 3.05) is 5.32 Å². The summed E-state index contributed by atoms with van der Waals surface area (Å²) in [5.41, 5.74) is 0.289. The minimum absolute atomic E-state index is 0.00686. The van der Waals surface area contributed by atoms with E-state index in [1.54, 1.807) is 13.8 Å². The van der Waals surface area contributed by atoms with E-state index >= 15 is 0 Å². The van der Waals surface area contributed by atoms with E-state index in [9.17, 15) is 24.0 Å². The summed E-state index contributed by atoms with van der Waals surface area (Å²) in [6.45, 7) is 5.28. The summed E-state index contributed by atoms with van der Waals surface area (Å²) >= 11 is 6.07. The molecule has 1 saturated carbocycles. The number of Topliss-reactive ketones (excluding diaryl/α,β-unsaturated/α-hetero) is 1. The normalized spacial score (nSPS) is 20.7. The Morgan fingerprint density at radius 2 is 1.88 bits per heavy atom. The molecule has 0 bridgehead atoms. The van der Waals surface area contributed by atoms with Gasteiger partial charge in [-0.2, -0.15) is 0 Å². The van der Waals surface area contributed by atoms with Gasteiger partial charge >= 0.3 is 0 Å². The molecule has 1 aromatic rings. The zero-order valence-electron chi connectivity index (χ0n) is 18.9. The Labute approximate surface area is 197 Å². The second-order valence-corrected chi connectivity index (χ2v) is 9.49. The lowest BCUT2D eigenvalue weighted by molar-refractivity contribution is -0.139. The van der Waals surface area contributed by atoms with Gasteiger partial charge in [0.25, 0.3) is 11.8 Å². The summed E-state index contributed by atoms with van der Waals surface area (Å²) in [5.74, 6) is -3.61. The maximum Gasteiger partial charge on any atom is 0.289 e. The molecular formula is C23H29ClN4O5. The molecule has 1 saturated heterocycles. The van der Waals surface area contributed by atoms with Crippen molar-refractivity contribution in [1.82, 2.24) is 16.0 Å². The topological polar surface area (TPSA) is 133 Å². The number of rotatable bonds is 9. The van der Waals surface area contributed by atoms with Crippen molar-refractivity contribution in [2.24, 2.45) is 11.8 Å². The SMILES string of the molecule is CC(C)C(=O)Nc1ccc(Cl)cc1C(=O)N[C@@H](C[C@@H]1C[C@@H](C)NC1=O)C(=O)C(=O)NC1CC1. The zero-order chi connectivity index (χ0) is 24.3. The molecule has 3 rings (SSSR count). The van der Waals surface area contributed by atoms with E-state index < -0.39 is 29.6 Å². The van der Waals surface area contributed by atoms with Gasteiger partial charge in [0, 0.05) is 28.9 Å². The van der Waals surface area contributed by atoms with E-state index in [0.717, 1.165) is 12.8 Å². The molecule has 0 radical (unpaired) electrons. The van der Waals surface area contributed by atoms with Gasteiger partial charge in [-0.1, -0.05) is 25.4 Å². The second kappa shape index (κ2) is 10.3. The van der Waals surface area contributed by atoms with Crippen LogP contribution in [0, 0.1) is 11.8 Å². The van der Waals surface area contributed by atoms with Gasteiger partial charge < -0.3 is 21.3 Å². The molecule has 0 unspecified atom stereocenters. The summed E-state index contributed by atoms with van der Waals surface area (Å²) < 4.78 is 0. The summed E-state index contributed by atoms with van der Waals surface area (Å²) in [5, 5.41) is 11.0. The predicted molar refractivity (Wildman–Crippen MR) is 123 cm³/mol. The second-order valence-electron chi connectivity index (χ2n) is 9.05. The van der Waals surface area contributed by atoms with Crippen molar-refractivity contribution in [3.05, 3.63) is 28.8 Å². The van der Waals surface area contributed by atoms with Gasteiger partial charge in [-0.15, -0.1) is 0 Å². The Bertz CT molecular complexity index is 976. The van der Waals surface area contributed by atoms with Gasteiger partial charge in [0.05, 0.1) is 17.3 Å². The molecule has 1 aliphatic heterocycles. The fraction of sp³-hybridized carbons (Fsp3) is 0.522. The van der Waals surface area contributed by atoms with E-state index in [0.29, 0.717) is 6.42 Å². The summed E-state index contributed by atoms with van der Waals surface area (Å²) in [6, 6.07) is 3.12. The van der Waals surface area contributed by atoms with Crippen molar-refractivity contribution in [3.8, 4) is 0 Å². The number of amides is 4. The fourth-order valence-corrected chi connectivity index (χ4v) is 3.81. The highest BCUT2D eigenvalue weighted by atomic mass is 35.5. The molecule has 9 nitrogen and oxygen atoms in total. The van der Waals surface area contributed by atoms with Crippen LogP contribution >= 0.6 is 11.6 Å². The first-order chi connectivity index (χ1) is 15.5. The van der Waals surface area contributed by atoms with Gasteiger partial charge in [-0.3, -0.25) is 24.0 Å². The molecule has 1 aliphatic carbocycles. The molecule has 2 fully saturated rings. The number of nitrogens with one attached hydrogen (secondary N) is 4. The number of halogens is 1. The number of benzene rings is 1. The van der Waals surface area contributed by atoms with Crippen LogP contribution in [0.3, 0.4) is 0 Å². The summed E-state index contributed by atoms with van der Waals surface area (Å²) in [4.78, 5) is 62.9. The molecule has 4 N–H and O–H groups in total. The monoisotopic (exact) mass is 476 g/mol. The minimum atomic E-state index is -1.20. The Hall–Kier alpha value is -2.94. The van der Waals surface area contributed by atoms with Crippen molar-refractivity contribution in [3.63, 3.8) is 0 Å². The third-order valence-electron chi connectivity index (χ3n) is 5.68. The van der Waals surface area contributed by atoms with Crippen LogP contribution in [0.2, 0.25) is 5.02 Å². The highest BCUT2D eigenvalue weighted by molar-refractivity contribution is 6.38. The molecule has 10 heteroatoms. The van der Waals surface area contributed by atoms with Gasteiger partial charge in [0.15, 0.2) is 0 Å². The lowest BCUT2D eigenvalue weighted by Crippen LogP contribution is -2.49. The molecule has 3 atom stereocenters. The summed E-state index contributed by atoms with van der Waals surface area (Å²) in [6.07, 6.45) is 2.10. The van der Waals surface area contributed by atoms with Crippen molar-refractivity contribution < 1.29 is 24.0 Å². The molecule has 0 spiro atoms. The number of hydrogen-bond acceptors (Lipinski definition) is 5. The minimum Gasteiger partial charge on any atom is -0.353 e. The summed E-state index contributed by atoms with van der Waals surface area (Å²) in [7, 11) is 0. The van der Waals surface area contributed by atoms with Crippen LogP contribution in [0.25, 0.3) is 0 Å². The smallest absolute Gasteiger partial charge is 0.289 e. The van der Waals surface area contributed by atoms with Gasteiger partial charge in [-0.05, 0) is 50.8 Å². The van der Waals surface area contributed by atoms with E-state index in [1.165, 1.54) is 18.2 Å². The molecule has 2 aliphatic rings. The Morgan fingerprint density at radius 1 is 1.18 bits per heavy atom. The van der Waals surface area contributed by atoms with Crippen LogP contribution in [0.5, 0.6) is 0 Å². The van der Waals surface area contributed by atoms with Crippen molar-refractivity contribution >= 4 is 46.7 Å². The van der Waals surface area contributed by atoms with Crippen molar-refractivity contribution in [2.45, 2.75) is 64.6 Å². The maximum atomic E-state index is 13.2. The number of carbonyl (C=O) groups excluding carboxylic acids is 5. The predicted octanol–water partition coefficient (Wildman–Crippen LogP) is 1.80. The highest BCUT2D eigenvalue weighted by Crippen LogP contribution is 2.24. The van der Waals surface area contributed by atoms with Crippen LogP contribution in [0.1, 0.15) is 56.8 Å². The molecule has 4 amide bonds. The van der Waals surface area contributed by atoms with Gasteiger partial charge in [-0.25, -0.2) is 0 Å². The van der Waals surface area contributed by atoms with E-state index in [2.05, 4.69) is 21.3 Å². The van der Waals surface area contributed by atoms with Crippen molar-refractivity contribution in [1.29, 1.82) is 0 Å². The van der Waals surface area contributed by atoms with Crippen LogP contribution in [-0.4, -0.2) is 47.5 Å². The number of anilines is 1. The van der Waals surface area contributed by atoms with E-state index in [1.807, 2.05) is 6.92 Å². The molecule has 33 heavy (non-hydrogen) atoms. The molecule has 178 valence electrons. The third kappa shape index (κ3) is 6.54. The Kier molecular flexibility index (Phi) is 7.73. The quantitative estimate of drug-likeness (QED) is 0.403. The van der Waals surface area contributed by atoms with Crippen LogP contribution in [-0.2, 0) is 19.2 Å². The first-order valence-electron chi connectivity index (χ1n) is 11.1. The highest BCUT2D eigenvalue weighted by Gasteiger charge is 2.37. The van der Waals surface area contributed by atoms with Crippen LogP contribution < -0.4 is 21.3 Å². The lowest BCUT2D eigenvalue weighted by Gasteiger charge is -2.21. The number of hydrogen-bond donors (Lipinski definition) is 4. The largest absolute Gasteiger partial charge is 0.353 e. The average molecular weight is 477 g/mol. The maximum absolute atomic E-state index is 13.2. The van der Waals surface area contributed by atoms with Crippen LogP contribution in [0.4, 0.5) is 5.69 Å². The first kappa shape index (κ1) is 24.7. The van der Waals surface area contributed by atoms with E-state index in [4.69, 9.17) is 11.6 Å². The lowest BCUT2D eigenvalue weighted by atomic mass is 9.93. The molecule has 1 aromatic carbocycles. The standard InChI is InChI=1S/C23H29ClN4O5/c1-11(2)20(30)27-17-7-4-14(24)10-16(17)22(32)28-18(9-13-8-12(3)25-21(13)31)19(29)23(33)26-15-5-6-15/h4,7,10-13,15,18H,5-6,8-9H2,1-3H3,(H,25,31)(H,26,33)(H,27,30)(H,28,32)/t12-,13+,18+/m1/s1. The average Bonchev–Trinajstić information content (AvgIpc) is 3.50. The number of carbonyl (C=O) groups is 5. The fourth-order valence-electron chi connectivity index (χ4n) is 3.64. The molecule has 1 heterocycles. The van der Waals surface area contributed by atoms with Gasteiger partial charge in [0.2, 0.25) is 17.6 Å². The van der Waals surface area contributed by atoms with E-state index in [-0.39, 0.29) is 52.5 Å². The van der Waals surface area contributed by atoms with Gasteiger partial charge in [0.1, 0.15) is 0 Å². The zero-order valence-corrected chi connectivity index (χ0v) is 19.6. The third-order valence-corrected chi connectivity index (χ3v) is 5.92.